The minimum absolute atomic E-state index is 0.382. The third-order valence-electron chi connectivity index (χ3n) is 4.40. The second-order valence-corrected chi connectivity index (χ2v) is 5.97. The third-order valence-corrected chi connectivity index (χ3v) is 4.40. The summed E-state index contributed by atoms with van der Waals surface area (Å²) in [5.41, 5.74) is 4.79. The van der Waals surface area contributed by atoms with E-state index in [2.05, 4.69) is 39.9 Å². The Morgan fingerprint density at radius 2 is 1.90 bits per heavy atom. The number of anilines is 1. The highest BCUT2D eigenvalue weighted by molar-refractivity contribution is 5.46. The van der Waals surface area contributed by atoms with Crippen molar-refractivity contribution >= 4 is 5.82 Å². The minimum Gasteiger partial charge on any atom is -0.349 e. The van der Waals surface area contributed by atoms with Gasteiger partial charge in [-0.2, -0.15) is 5.10 Å². The van der Waals surface area contributed by atoms with E-state index in [9.17, 15) is 0 Å². The fraction of sp³-hybridized carbons (Fsp3) is 0.562. The normalized spacial score (nSPS) is 18.5. The number of aromatic nitrogens is 4. The third kappa shape index (κ3) is 2.41. The molecule has 3 heterocycles. The first-order valence-corrected chi connectivity index (χ1v) is 7.56. The maximum absolute atomic E-state index is 4.65. The average Bonchev–Trinajstić information content (AvgIpc) is 2.94. The van der Waals surface area contributed by atoms with Crippen LogP contribution in [-0.4, -0.2) is 26.3 Å². The molecule has 2 aromatic heterocycles. The van der Waals surface area contributed by atoms with E-state index in [0.717, 1.165) is 36.0 Å². The fourth-order valence-corrected chi connectivity index (χ4v) is 3.46. The maximum Gasteiger partial charge on any atom is 0.133 e. The summed E-state index contributed by atoms with van der Waals surface area (Å²) in [6.45, 7) is 9.30. The Labute approximate surface area is 126 Å². The molecule has 1 fully saturated rings. The van der Waals surface area contributed by atoms with Gasteiger partial charge in [0.05, 0.1) is 11.7 Å². The van der Waals surface area contributed by atoms with E-state index < -0.39 is 0 Å². The van der Waals surface area contributed by atoms with Crippen LogP contribution in [0, 0.1) is 27.7 Å². The quantitative estimate of drug-likeness (QED) is 0.851. The molecule has 0 radical (unpaired) electrons. The Kier molecular flexibility index (Phi) is 3.43. The van der Waals surface area contributed by atoms with Gasteiger partial charge in [-0.05, 0) is 40.5 Å². The summed E-state index contributed by atoms with van der Waals surface area (Å²) in [5.74, 6) is 1.89. The number of hydrogen-bond acceptors (Lipinski definition) is 4. The van der Waals surface area contributed by atoms with Gasteiger partial charge in [0.1, 0.15) is 11.6 Å². The molecule has 5 heteroatoms. The van der Waals surface area contributed by atoms with Gasteiger partial charge in [0.15, 0.2) is 0 Å². The Balaban J connectivity index is 2.03. The van der Waals surface area contributed by atoms with Crippen LogP contribution >= 0.6 is 0 Å². The Morgan fingerprint density at radius 3 is 2.52 bits per heavy atom. The molecule has 1 unspecified atom stereocenters. The highest BCUT2D eigenvalue weighted by atomic mass is 15.3. The summed E-state index contributed by atoms with van der Waals surface area (Å²) < 4.78 is 1.98. The Hall–Kier alpha value is -1.91. The molecule has 1 aliphatic rings. The number of nitrogens with zero attached hydrogens (tertiary/aromatic N) is 5. The van der Waals surface area contributed by atoms with E-state index in [0.29, 0.717) is 6.04 Å². The van der Waals surface area contributed by atoms with Crippen LogP contribution in [0.4, 0.5) is 5.82 Å². The first kappa shape index (κ1) is 14.0. The molecule has 21 heavy (non-hydrogen) atoms. The molecule has 0 saturated carbocycles. The van der Waals surface area contributed by atoms with Crippen LogP contribution < -0.4 is 4.90 Å². The van der Waals surface area contributed by atoms with Gasteiger partial charge in [0.2, 0.25) is 0 Å². The van der Waals surface area contributed by atoms with E-state index >= 15 is 0 Å². The lowest BCUT2D eigenvalue weighted by Crippen LogP contribution is -2.25. The second-order valence-electron chi connectivity index (χ2n) is 5.97. The van der Waals surface area contributed by atoms with E-state index in [4.69, 9.17) is 0 Å². The summed E-state index contributed by atoms with van der Waals surface area (Å²) in [6, 6.07) is 2.47. The molecule has 2 aromatic rings. The van der Waals surface area contributed by atoms with E-state index in [-0.39, 0.29) is 0 Å². The summed E-state index contributed by atoms with van der Waals surface area (Å²) in [6.07, 6.45) is 2.36. The molecule has 0 aromatic carbocycles. The molecular weight excluding hydrogens is 262 g/mol. The van der Waals surface area contributed by atoms with Crippen molar-refractivity contribution in [2.75, 3.05) is 11.4 Å². The lowest BCUT2D eigenvalue weighted by atomic mass is 10.0. The van der Waals surface area contributed by atoms with Gasteiger partial charge in [0.25, 0.3) is 0 Å². The standard InChI is InChI=1S/C16H23N5/c1-10-9-15(18-13(4)17-10)21-8-6-7-14(21)16-11(2)19-20(5)12(16)3/h9,14H,6-8H2,1-5H3. The van der Waals surface area contributed by atoms with Crippen LogP contribution in [-0.2, 0) is 7.05 Å². The van der Waals surface area contributed by atoms with Gasteiger partial charge < -0.3 is 4.90 Å². The van der Waals surface area contributed by atoms with Crippen molar-refractivity contribution in [1.82, 2.24) is 19.7 Å². The average molecular weight is 285 g/mol. The van der Waals surface area contributed by atoms with Crippen molar-refractivity contribution in [3.63, 3.8) is 0 Å². The smallest absolute Gasteiger partial charge is 0.133 e. The van der Waals surface area contributed by atoms with Crippen LogP contribution in [0.25, 0.3) is 0 Å². The summed E-state index contributed by atoms with van der Waals surface area (Å²) in [5, 5.41) is 4.58. The Morgan fingerprint density at radius 1 is 1.14 bits per heavy atom. The monoisotopic (exact) mass is 285 g/mol. The first-order chi connectivity index (χ1) is 9.97. The fourth-order valence-electron chi connectivity index (χ4n) is 3.46. The zero-order valence-electron chi connectivity index (χ0n) is 13.5. The number of hydrogen-bond donors (Lipinski definition) is 0. The lowest BCUT2D eigenvalue weighted by Gasteiger charge is -2.26. The molecule has 1 atom stereocenters. The Bertz CT molecular complexity index is 653. The molecule has 5 nitrogen and oxygen atoms in total. The second kappa shape index (κ2) is 5.13. The molecule has 1 saturated heterocycles. The SMILES string of the molecule is Cc1cc(N2CCCC2c2c(C)nn(C)c2C)nc(C)n1. The van der Waals surface area contributed by atoms with Gasteiger partial charge in [-0.1, -0.05) is 0 Å². The van der Waals surface area contributed by atoms with Crippen LogP contribution in [0.2, 0.25) is 0 Å². The molecule has 0 N–H and O–H groups in total. The van der Waals surface area contributed by atoms with Crippen molar-refractivity contribution < 1.29 is 0 Å². The van der Waals surface area contributed by atoms with E-state index in [1.165, 1.54) is 17.7 Å². The highest BCUT2D eigenvalue weighted by Crippen LogP contribution is 2.38. The van der Waals surface area contributed by atoms with Gasteiger partial charge in [0, 0.05) is 36.6 Å². The molecule has 112 valence electrons. The molecule has 0 spiro atoms. The molecule has 3 rings (SSSR count). The molecule has 0 amide bonds. The summed E-state index contributed by atoms with van der Waals surface area (Å²) in [7, 11) is 2.02. The summed E-state index contributed by atoms with van der Waals surface area (Å²) in [4.78, 5) is 11.4. The van der Waals surface area contributed by atoms with Gasteiger partial charge >= 0.3 is 0 Å². The van der Waals surface area contributed by atoms with Crippen LogP contribution in [0.1, 0.15) is 47.4 Å². The predicted molar refractivity (Wildman–Crippen MR) is 83.5 cm³/mol. The maximum atomic E-state index is 4.65. The molecule has 0 bridgehead atoms. The minimum atomic E-state index is 0.382. The number of aryl methyl sites for hydroxylation is 4. The largest absolute Gasteiger partial charge is 0.349 e. The number of rotatable bonds is 2. The topological polar surface area (TPSA) is 46.8 Å². The molecule has 0 aliphatic carbocycles. The van der Waals surface area contributed by atoms with Gasteiger partial charge in [-0.3, -0.25) is 4.68 Å². The van der Waals surface area contributed by atoms with Crippen molar-refractivity contribution in [1.29, 1.82) is 0 Å². The van der Waals surface area contributed by atoms with Gasteiger partial charge in [-0.15, -0.1) is 0 Å². The van der Waals surface area contributed by atoms with Crippen molar-refractivity contribution in [3.05, 3.63) is 34.5 Å². The predicted octanol–water partition coefficient (Wildman–Crippen LogP) is 2.79. The van der Waals surface area contributed by atoms with E-state index in [1.54, 1.807) is 0 Å². The lowest BCUT2D eigenvalue weighted by molar-refractivity contribution is 0.691. The van der Waals surface area contributed by atoms with Gasteiger partial charge in [-0.25, -0.2) is 9.97 Å². The highest BCUT2D eigenvalue weighted by Gasteiger charge is 2.31. The van der Waals surface area contributed by atoms with E-state index in [1.807, 2.05) is 25.6 Å². The first-order valence-electron chi connectivity index (χ1n) is 7.56. The van der Waals surface area contributed by atoms with Crippen molar-refractivity contribution in [3.8, 4) is 0 Å². The van der Waals surface area contributed by atoms with Crippen LogP contribution in [0.3, 0.4) is 0 Å². The molecular formula is C16H23N5. The zero-order chi connectivity index (χ0) is 15.1. The van der Waals surface area contributed by atoms with Crippen molar-refractivity contribution in [2.24, 2.45) is 7.05 Å². The zero-order valence-corrected chi connectivity index (χ0v) is 13.5. The van der Waals surface area contributed by atoms with Crippen LogP contribution in [0.15, 0.2) is 6.07 Å². The molecule has 1 aliphatic heterocycles. The van der Waals surface area contributed by atoms with Crippen molar-refractivity contribution in [2.45, 2.75) is 46.6 Å². The van der Waals surface area contributed by atoms with Crippen LogP contribution in [0.5, 0.6) is 0 Å². The summed E-state index contributed by atoms with van der Waals surface area (Å²) >= 11 is 0.